The summed E-state index contributed by atoms with van der Waals surface area (Å²) in [4.78, 5) is 12.9. The highest BCUT2D eigenvalue weighted by atomic mass is 32.2. The largest absolute Gasteiger partial charge is 0.299 e. The topological polar surface area (TPSA) is 92.3 Å². The molecular weight excluding hydrogens is 428 g/mol. The molecule has 0 bridgehead atoms. The second kappa shape index (κ2) is 9.49. The van der Waals surface area contributed by atoms with E-state index in [0.717, 1.165) is 26.2 Å². The molecule has 0 aliphatic carbocycles. The molecule has 0 saturated carbocycles. The fraction of sp³-hybridized carbons (Fsp3) is 0.211. The number of carbonyl (C=O) groups excluding carboxylic acids is 1. The first kappa shape index (κ1) is 21.4. The number of aromatic nitrogens is 2. The Morgan fingerprint density at radius 2 is 1.72 bits per heavy atom. The fourth-order valence-corrected chi connectivity index (χ4v) is 4.88. The van der Waals surface area contributed by atoms with Crippen molar-refractivity contribution in [3.05, 3.63) is 71.8 Å². The van der Waals surface area contributed by atoms with Gasteiger partial charge in [0.2, 0.25) is 21.1 Å². The van der Waals surface area contributed by atoms with Crippen molar-refractivity contribution in [2.24, 2.45) is 0 Å². The molecule has 1 N–H and O–H groups in total. The van der Waals surface area contributed by atoms with Gasteiger partial charge in [-0.05, 0) is 11.1 Å². The third kappa shape index (κ3) is 5.86. The molecule has 1 aromatic heterocycles. The van der Waals surface area contributed by atoms with Crippen LogP contribution in [0.4, 0.5) is 5.13 Å². The SMILES string of the molecule is CN(C(C(=O)Nc1nnc(SCc2ccccc2)s1)c1ccccc1)S(C)(=O)=O. The van der Waals surface area contributed by atoms with Gasteiger partial charge < -0.3 is 0 Å². The van der Waals surface area contributed by atoms with E-state index < -0.39 is 22.0 Å². The van der Waals surface area contributed by atoms with Crippen molar-refractivity contribution in [2.45, 2.75) is 16.1 Å². The third-order valence-corrected chi connectivity index (χ3v) is 7.39. The molecule has 7 nitrogen and oxygen atoms in total. The average molecular weight is 449 g/mol. The Morgan fingerprint density at radius 3 is 2.34 bits per heavy atom. The standard InChI is InChI=1S/C19H20N4O3S3/c1-23(29(2,25)26)16(15-11-7-4-8-12-15)17(24)20-18-21-22-19(28-18)27-13-14-9-5-3-6-10-14/h3-12,16H,13H2,1-2H3,(H,20,21,24). The van der Waals surface area contributed by atoms with E-state index in [2.05, 4.69) is 15.5 Å². The van der Waals surface area contributed by atoms with E-state index >= 15 is 0 Å². The van der Waals surface area contributed by atoms with Crippen molar-refractivity contribution in [3.8, 4) is 0 Å². The van der Waals surface area contributed by atoms with E-state index in [1.807, 2.05) is 30.3 Å². The smallest absolute Gasteiger partial charge is 0.249 e. The average Bonchev–Trinajstić information content (AvgIpc) is 3.15. The van der Waals surface area contributed by atoms with Gasteiger partial charge in [0.05, 0.1) is 6.26 Å². The van der Waals surface area contributed by atoms with Gasteiger partial charge in [-0.2, -0.15) is 4.31 Å². The number of sulfonamides is 1. The molecule has 1 heterocycles. The van der Waals surface area contributed by atoms with E-state index in [-0.39, 0.29) is 0 Å². The van der Waals surface area contributed by atoms with Crippen molar-refractivity contribution >= 4 is 44.2 Å². The summed E-state index contributed by atoms with van der Waals surface area (Å²) in [5.41, 5.74) is 1.73. The molecule has 1 amide bonds. The minimum Gasteiger partial charge on any atom is -0.299 e. The summed E-state index contributed by atoms with van der Waals surface area (Å²) in [6.07, 6.45) is 1.07. The van der Waals surface area contributed by atoms with Crippen LogP contribution in [0.2, 0.25) is 0 Å². The Balaban J connectivity index is 1.72. The van der Waals surface area contributed by atoms with Crippen molar-refractivity contribution < 1.29 is 13.2 Å². The number of amides is 1. The van der Waals surface area contributed by atoms with Gasteiger partial charge in [0, 0.05) is 12.8 Å². The van der Waals surface area contributed by atoms with Gasteiger partial charge in [-0.15, -0.1) is 10.2 Å². The highest BCUT2D eigenvalue weighted by molar-refractivity contribution is 8.00. The summed E-state index contributed by atoms with van der Waals surface area (Å²) in [7, 11) is -2.20. The van der Waals surface area contributed by atoms with E-state index in [4.69, 9.17) is 0 Å². The fourth-order valence-electron chi connectivity index (χ4n) is 2.56. The van der Waals surface area contributed by atoms with Gasteiger partial charge in [0.25, 0.3) is 0 Å². The summed E-state index contributed by atoms with van der Waals surface area (Å²) < 4.78 is 25.9. The maximum atomic E-state index is 12.9. The lowest BCUT2D eigenvalue weighted by molar-refractivity contribution is -0.119. The number of hydrogen-bond donors (Lipinski definition) is 1. The Morgan fingerprint density at radius 1 is 1.10 bits per heavy atom. The second-order valence-corrected chi connectivity index (χ2v) is 10.5. The molecule has 29 heavy (non-hydrogen) atoms. The Kier molecular flexibility index (Phi) is 7.01. The van der Waals surface area contributed by atoms with Crippen LogP contribution in [0.25, 0.3) is 0 Å². The first-order valence-corrected chi connectivity index (χ1v) is 12.3. The molecule has 2 aromatic carbocycles. The Hall–Kier alpha value is -2.27. The molecule has 0 aliphatic heterocycles. The molecule has 0 aliphatic rings. The number of nitrogens with one attached hydrogen (secondary N) is 1. The van der Waals surface area contributed by atoms with Crippen LogP contribution in [0, 0.1) is 0 Å². The van der Waals surface area contributed by atoms with Gasteiger partial charge in [0.1, 0.15) is 6.04 Å². The second-order valence-electron chi connectivity index (χ2n) is 6.23. The third-order valence-electron chi connectivity index (χ3n) is 4.09. The zero-order valence-corrected chi connectivity index (χ0v) is 18.3. The van der Waals surface area contributed by atoms with Crippen LogP contribution in [0.1, 0.15) is 17.2 Å². The summed E-state index contributed by atoms with van der Waals surface area (Å²) in [6, 6.07) is 17.7. The molecule has 1 unspecified atom stereocenters. The van der Waals surface area contributed by atoms with Crippen LogP contribution in [-0.2, 0) is 20.6 Å². The molecule has 3 rings (SSSR count). The molecule has 0 spiro atoms. The summed E-state index contributed by atoms with van der Waals surface area (Å²) in [5.74, 6) is 0.257. The van der Waals surface area contributed by atoms with Crippen LogP contribution in [-0.4, -0.2) is 42.1 Å². The minimum atomic E-state index is -3.59. The molecule has 10 heteroatoms. The van der Waals surface area contributed by atoms with E-state index in [1.54, 1.807) is 30.3 Å². The van der Waals surface area contributed by atoms with Crippen molar-refractivity contribution in [1.82, 2.24) is 14.5 Å². The van der Waals surface area contributed by atoms with Crippen LogP contribution < -0.4 is 5.32 Å². The van der Waals surface area contributed by atoms with Gasteiger partial charge >= 0.3 is 0 Å². The summed E-state index contributed by atoms with van der Waals surface area (Å²) >= 11 is 2.78. The monoisotopic (exact) mass is 448 g/mol. The van der Waals surface area contributed by atoms with E-state index in [0.29, 0.717) is 10.7 Å². The molecule has 0 radical (unpaired) electrons. The maximum absolute atomic E-state index is 12.9. The van der Waals surface area contributed by atoms with Gasteiger partial charge in [-0.25, -0.2) is 8.42 Å². The quantitative estimate of drug-likeness (QED) is 0.419. The number of rotatable bonds is 8. The lowest BCUT2D eigenvalue weighted by Gasteiger charge is -2.25. The lowest BCUT2D eigenvalue weighted by atomic mass is 10.1. The normalized spacial score (nSPS) is 12.7. The highest BCUT2D eigenvalue weighted by Gasteiger charge is 2.31. The number of thioether (sulfide) groups is 1. The van der Waals surface area contributed by atoms with Crippen LogP contribution in [0.5, 0.6) is 0 Å². The van der Waals surface area contributed by atoms with Crippen LogP contribution in [0.3, 0.4) is 0 Å². The summed E-state index contributed by atoms with van der Waals surface area (Å²) in [5, 5.41) is 11.1. The van der Waals surface area contributed by atoms with Crippen LogP contribution >= 0.6 is 23.1 Å². The highest BCUT2D eigenvalue weighted by Crippen LogP contribution is 2.30. The van der Waals surface area contributed by atoms with Gasteiger partial charge in [-0.1, -0.05) is 83.8 Å². The molecule has 0 fully saturated rings. The molecule has 0 saturated heterocycles. The van der Waals surface area contributed by atoms with Crippen molar-refractivity contribution in [1.29, 1.82) is 0 Å². The van der Waals surface area contributed by atoms with E-state index in [1.165, 1.54) is 30.1 Å². The Labute approximate surface area is 178 Å². The minimum absolute atomic E-state index is 0.327. The number of hydrogen-bond acceptors (Lipinski definition) is 7. The van der Waals surface area contributed by atoms with Crippen molar-refractivity contribution in [2.75, 3.05) is 18.6 Å². The molecule has 152 valence electrons. The number of likely N-dealkylation sites (N-methyl/N-ethyl adjacent to an activating group) is 1. The number of benzene rings is 2. The first-order valence-electron chi connectivity index (χ1n) is 8.63. The van der Waals surface area contributed by atoms with Crippen molar-refractivity contribution in [3.63, 3.8) is 0 Å². The van der Waals surface area contributed by atoms with Crippen LogP contribution in [0.15, 0.2) is 65.0 Å². The lowest BCUT2D eigenvalue weighted by Crippen LogP contribution is -2.38. The molecular formula is C19H20N4O3S3. The molecule has 3 aromatic rings. The maximum Gasteiger partial charge on any atom is 0.249 e. The van der Waals surface area contributed by atoms with Gasteiger partial charge in [-0.3, -0.25) is 10.1 Å². The predicted octanol–water partition coefficient (Wildman–Crippen LogP) is 3.40. The zero-order chi connectivity index (χ0) is 20.9. The number of anilines is 1. The van der Waals surface area contributed by atoms with E-state index in [9.17, 15) is 13.2 Å². The number of nitrogens with zero attached hydrogens (tertiary/aromatic N) is 3. The Bertz CT molecular complexity index is 1060. The predicted molar refractivity (Wildman–Crippen MR) is 116 cm³/mol. The first-order chi connectivity index (χ1) is 13.8. The number of carbonyl (C=O) groups is 1. The summed E-state index contributed by atoms with van der Waals surface area (Å²) in [6.45, 7) is 0. The van der Waals surface area contributed by atoms with Gasteiger partial charge in [0.15, 0.2) is 4.34 Å². The zero-order valence-electron chi connectivity index (χ0n) is 15.8. The molecule has 1 atom stereocenters.